The number of hydrogen-bond acceptors (Lipinski definition) is 4. The minimum Gasteiger partial charge on any atom is -0.549 e. The number of carboxylic acid groups (broad SMARTS) is 1. The standard InChI is InChI=1S/C17H15FN2O2S.K/c1-17(2,15(21)22)23-16-19-12-8-4-6-10-14(12)20(16)13-9-5-3-7-11(13)18;/h3-10H,1-2H3,(H,21,22);/q;+1/p-1. The Bertz CT molecular complexity index is 895. The summed E-state index contributed by atoms with van der Waals surface area (Å²) in [5.74, 6) is -1.60. The molecule has 3 rings (SSSR count). The molecule has 0 aliphatic carbocycles. The second kappa shape index (κ2) is 7.68. The Kier molecular flexibility index (Phi) is 6.27. The van der Waals surface area contributed by atoms with E-state index in [1.54, 1.807) is 22.8 Å². The largest absolute Gasteiger partial charge is 1.00 e. The summed E-state index contributed by atoms with van der Waals surface area (Å²) in [6.07, 6.45) is 0. The summed E-state index contributed by atoms with van der Waals surface area (Å²) in [5, 5.41) is 11.7. The first-order chi connectivity index (χ1) is 10.9. The van der Waals surface area contributed by atoms with Crippen LogP contribution < -0.4 is 56.5 Å². The van der Waals surface area contributed by atoms with E-state index < -0.39 is 16.5 Å². The Labute approximate surface area is 185 Å². The number of aromatic nitrogens is 2. The van der Waals surface area contributed by atoms with E-state index in [1.165, 1.54) is 19.9 Å². The van der Waals surface area contributed by atoms with Crippen molar-refractivity contribution in [3.63, 3.8) is 0 Å². The molecule has 7 heteroatoms. The minimum atomic E-state index is -1.20. The van der Waals surface area contributed by atoms with Gasteiger partial charge in [-0.1, -0.05) is 36.0 Å². The summed E-state index contributed by atoms with van der Waals surface area (Å²) in [4.78, 5) is 15.8. The van der Waals surface area contributed by atoms with Gasteiger partial charge in [-0.25, -0.2) is 9.37 Å². The van der Waals surface area contributed by atoms with Crippen LogP contribution in [0.1, 0.15) is 13.8 Å². The monoisotopic (exact) mass is 368 g/mol. The fourth-order valence-corrected chi connectivity index (χ4v) is 3.18. The van der Waals surface area contributed by atoms with Gasteiger partial charge in [0.25, 0.3) is 0 Å². The number of thioether (sulfide) groups is 1. The smallest absolute Gasteiger partial charge is 0.549 e. The molecule has 2 aromatic carbocycles. The first kappa shape index (κ1) is 19.6. The number of halogens is 1. The molecule has 1 aromatic heterocycles. The van der Waals surface area contributed by atoms with Crippen molar-refractivity contribution >= 4 is 28.8 Å². The van der Waals surface area contributed by atoms with Crippen molar-refractivity contribution < 1.29 is 65.7 Å². The molecule has 118 valence electrons. The maximum Gasteiger partial charge on any atom is 1.00 e. The number of carbonyl (C=O) groups excluding carboxylic acids is 1. The molecule has 3 aromatic rings. The van der Waals surface area contributed by atoms with Crippen LogP contribution in [0, 0.1) is 5.82 Å². The second-order valence-electron chi connectivity index (χ2n) is 5.57. The van der Waals surface area contributed by atoms with Crippen molar-refractivity contribution in [2.24, 2.45) is 0 Å². The van der Waals surface area contributed by atoms with Crippen LogP contribution in [0.15, 0.2) is 53.7 Å². The Morgan fingerprint density at radius 2 is 1.79 bits per heavy atom. The summed E-state index contributed by atoms with van der Waals surface area (Å²) < 4.78 is 14.7. The molecule has 0 fully saturated rings. The van der Waals surface area contributed by atoms with Crippen LogP contribution in [0.5, 0.6) is 0 Å². The topological polar surface area (TPSA) is 58.0 Å². The van der Waals surface area contributed by atoms with Gasteiger partial charge in [0.05, 0.1) is 27.4 Å². The summed E-state index contributed by atoms with van der Waals surface area (Å²) >= 11 is 1.03. The maximum atomic E-state index is 14.3. The molecule has 0 atom stereocenters. The Morgan fingerprint density at radius 1 is 1.17 bits per heavy atom. The number of aliphatic carboxylic acids is 1. The van der Waals surface area contributed by atoms with Gasteiger partial charge >= 0.3 is 51.4 Å². The van der Waals surface area contributed by atoms with Crippen molar-refractivity contribution in [1.29, 1.82) is 0 Å². The first-order valence-electron chi connectivity index (χ1n) is 7.03. The summed E-state index contributed by atoms with van der Waals surface area (Å²) in [5.41, 5.74) is 1.72. The number of imidazole rings is 1. The molecule has 0 radical (unpaired) electrons. The van der Waals surface area contributed by atoms with E-state index in [0.717, 1.165) is 11.8 Å². The van der Waals surface area contributed by atoms with Crippen molar-refractivity contribution in [2.75, 3.05) is 0 Å². The van der Waals surface area contributed by atoms with Gasteiger partial charge in [-0.2, -0.15) is 0 Å². The summed E-state index contributed by atoms with van der Waals surface area (Å²) in [7, 11) is 0. The zero-order valence-electron chi connectivity index (χ0n) is 13.6. The van der Waals surface area contributed by atoms with Gasteiger partial charge in [-0.15, -0.1) is 0 Å². The number of nitrogens with zero attached hydrogens (tertiary/aromatic N) is 2. The van der Waals surface area contributed by atoms with Gasteiger partial charge < -0.3 is 9.90 Å². The minimum absolute atomic E-state index is 0. The zero-order chi connectivity index (χ0) is 16.6. The Morgan fingerprint density at radius 3 is 2.46 bits per heavy atom. The molecular weight excluding hydrogens is 354 g/mol. The Balaban J connectivity index is 0.00000208. The van der Waals surface area contributed by atoms with Crippen molar-refractivity contribution in [3.05, 3.63) is 54.3 Å². The number of rotatable bonds is 4. The van der Waals surface area contributed by atoms with Crippen LogP contribution >= 0.6 is 11.8 Å². The molecule has 0 amide bonds. The third-order valence-electron chi connectivity index (χ3n) is 3.46. The van der Waals surface area contributed by atoms with Crippen molar-refractivity contribution in [2.45, 2.75) is 23.8 Å². The fraction of sp³-hybridized carbons (Fsp3) is 0.176. The van der Waals surface area contributed by atoms with Gasteiger partial charge in [0.2, 0.25) is 0 Å². The molecule has 0 aliphatic heterocycles. The van der Waals surface area contributed by atoms with Crippen LogP contribution in [0.2, 0.25) is 0 Å². The molecule has 0 bridgehead atoms. The fourth-order valence-electron chi connectivity index (χ4n) is 2.21. The molecule has 4 nitrogen and oxygen atoms in total. The third-order valence-corrected chi connectivity index (χ3v) is 4.59. The van der Waals surface area contributed by atoms with Gasteiger partial charge in [0.1, 0.15) is 5.82 Å². The Hall–Kier alpha value is -0.704. The molecule has 0 saturated heterocycles. The SMILES string of the molecule is CC(C)(Sc1nc2ccccc2n1-c1ccccc1F)C(=O)[O-].[K+]. The average Bonchev–Trinajstić information content (AvgIpc) is 2.84. The number of benzene rings is 2. The van der Waals surface area contributed by atoms with E-state index >= 15 is 0 Å². The van der Waals surface area contributed by atoms with Gasteiger partial charge in [-0.05, 0) is 38.1 Å². The van der Waals surface area contributed by atoms with E-state index in [-0.39, 0.29) is 51.4 Å². The quantitative estimate of drug-likeness (QED) is 0.472. The molecule has 1 heterocycles. The predicted molar refractivity (Wildman–Crippen MR) is 86.0 cm³/mol. The van der Waals surface area contributed by atoms with Crippen LogP contribution in [-0.4, -0.2) is 20.3 Å². The van der Waals surface area contributed by atoms with E-state index in [0.29, 0.717) is 21.9 Å². The zero-order valence-corrected chi connectivity index (χ0v) is 17.6. The number of para-hydroxylation sites is 3. The molecule has 0 spiro atoms. The molecule has 0 unspecified atom stereocenters. The third kappa shape index (κ3) is 3.76. The molecule has 0 aliphatic rings. The van der Waals surface area contributed by atoms with Gasteiger partial charge in [0, 0.05) is 0 Å². The van der Waals surface area contributed by atoms with E-state index in [9.17, 15) is 14.3 Å². The normalized spacial score (nSPS) is 11.3. The molecule has 24 heavy (non-hydrogen) atoms. The number of fused-ring (bicyclic) bond motifs is 1. The molecular formula is C17H14FKN2O2S. The number of hydrogen-bond donors (Lipinski definition) is 0. The summed E-state index contributed by atoms with van der Waals surface area (Å²) in [6, 6.07) is 13.6. The van der Waals surface area contributed by atoms with E-state index in [2.05, 4.69) is 4.98 Å². The van der Waals surface area contributed by atoms with Crippen LogP contribution in [0.4, 0.5) is 4.39 Å². The van der Waals surface area contributed by atoms with Crippen LogP contribution in [-0.2, 0) is 4.79 Å². The van der Waals surface area contributed by atoms with E-state index in [4.69, 9.17) is 0 Å². The van der Waals surface area contributed by atoms with E-state index in [1.807, 2.05) is 24.3 Å². The van der Waals surface area contributed by atoms with Crippen LogP contribution in [0.25, 0.3) is 16.7 Å². The van der Waals surface area contributed by atoms with Gasteiger partial charge in [0.15, 0.2) is 5.16 Å². The van der Waals surface area contributed by atoms with Gasteiger partial charge in [-0.3, -0.25) is 4.57 Å². The number of carboxylic acids is 1. The summed E-state index contributed by atoms with van der Waals surface area (Å²) in [6.45, 7) is 3.08. The maximum absolute atomic E-state index is 14.3. The average molecular weight is 368 g/mol. The molecule has 0 saturated carbocycles. The van der Waals surface area contributed by atoms with Crippen molar-refractivity contribution in [3.8, 4) is 5.69 Å². The predicted octanol–water partition coefficient (Wildman–Crippen LogP) is -0.211. The number of carbonyl (C=O) groups is 1. The second-order valence-corrected chi connectivity index (χ2v) is 7.16. The van der Waals surface area contributed by atoms with Crippen LogP contribution in [0.3, 0.4) is 0 Å². The first-order valence-corrected chi connectivity index (χ1v) is 7.84. The molecule has 0 N–H and O–H groups in total. The van der Waals surface area contributed by atoms with Crippen molar-refractivity contribution in [1.82, 2.24) is 9.55 Å².